The standard InChI is InChI=1S/C16H18BrN3O/c1-11-4-2-3-5-13(11)8-18-14-9-19-20(10-12-6-7-12)16(21)15(14)17/h2-5,9,12,18H,6-8,10H2,1H3. The van der Waals surface area contributed by atoms with Crippen molar-refractivity contribution >= 4 is 21.6 Å². The van der Waals surface area contributed by atoms with E-state index in [-0.39, 0.29) is 5.56 Å². The van der Waals surface area contributed by atoms with Crippen LogP contribution in [0.25, 0.3) is 0 Å². The molecule has 0 spiro atoms. The van der Waals surface area contributed by atoms with E-state index in [1.165, 1.54) is 24.0 Å². The summed E-state index contributed by atoms with van der Waals surface area (Å²) in [5.41, 5.74) is 3.13. The van der Waals surface area contributed by atoms with Crippen molar-refractivity contribution in [2.45, 2.75) is 32.9 Å². The number of anilines is 1. The maximum atomic E-state index is 12.2. The molecule has 1 saturated carbocycles. The highest BCUT2D eigenvalue weighted by Crippen LogP contribution is 2.30. The van der Waals surface area contributed by atoms with Crippen LogP contribution in [0.5, 0.6) is 0 Å². The van der Waals surface area contributed by atoms with Crippen molar-refractivity contribution in [2.75, 3.05) is 5.32 Å². The van der Waals surface area contributed by atoms with E-state index in [1.54, 1.807) is 10.9 Å². The first kappa shape index (κ1) is 14.3. The smallest absolute Gasteiger partial charge is 0.283 e. The molecule has 0 bridgehead atoms. The number of nitrogens with zero attached hydrogens (tertiary/aromatic N) is 2. The van der Waals surface area contributed by atoms with Gasteiger partial charge in [-0.05, 0) is 52.7 Å². The van der Waals surface area contributed by atoms with Gasteiger partial charge in [-0.1, -0.05) is 24.3 Å². The van der Waals surface area contributed by atoms with Gasteiger partial charge in [0, 0.05) is 13.1 Å². The number of hydrogen-bond acceptors (Lipinski definition) is 3. The number of aryl methyl sites for hydroxylation is 1. The molecule has 1 fully saturated rings. The Hall–Kier alpha value is -1.62. The van der Waals surface area contributed by atoms with Crippen LogP contribution in [0.15, 0.2) is 39.7 Å². The predicted molar refractivity (Wildman–Crippen MR) is 87.4 cm³/mol. The number of halogens is 1. The SMILES string of the molecule is Cc1ccccc1CNc1cnn(CC2CC2)c(=O)c1Br. The van der Waals surface area contributed by atoms with Crippen LogP contribution < -0.4 is 10.9 Å². The average Bonchev–Trinajstić information content (AvgIpc) is 3.29. The molecule has 0 saturated heterocycles. The molecule has 3 rings (SSSR count). The molecule has 21 heavy (non-hydrogen) atoms. The minimum Gasteiger partial charge on any atom is -0.379 e. The molecular formula is C16H18BrN3O. The van der Waals surface area contributed by atoms with Crippen LogP contribution in [0.2, 0.25) is 0 Å². The van der Waals surface area contributed by atoms with Gasteiger partial charge in [0.2, 0.25) is 0 Å². The van der Waals surface area contributed by atoms with E-state index in [1.807, 2.05) is 12.1 Å². The zero-order valence-corrected chi connectivity index (χ0v) is 13.6. The molecule has 0 aliphatic heterocycles. The zero-order valence-electron chi connectivity index (χ0n) is 12.0. The van der Waals surface area contributed by atoms with Gasteiger partial charge in [0.25, 0.3) is 5.56 Å². The second-order valence-electron chi connectivity index (χ2n) is 5.58. The molecule has 1 heterocycles. The maximum absolute atomic E-state index is 12.2. The van der Waals surface area contributed by atoms with E-state index in [4.69, 9.17) is 0 Å². The van der Waals surface area contributed by atoms with Crippen LogP contribution in [-0.4, -0.2) is 9.78 Å². The Morgan fingerprint density at radius 3 is 2.86 bits per heavy atom. The summed E-state index contributed by atoms with van der Waals surface area (Å²) in [7, 11) is 0. The van der Waals surface area contributed by atoms with Crippen molar-refractivity contribution in [2.24, 2.45) is 5.92 Å². The molecule has 2 aromatic rings. The molecule has 110 valence electrons. The Morgan fingerprint density at radius 2 is 2.14 bits per heavy atom. The Kier molecular flexibility index (Phi) is 4.10. The molecule has 4 nitrogen and oxygen atoms in total. The van der Waals surface area contributed by atoms with Gasteiger partial charge in [-0.3, -0.25) is 4.79 Å². The lowest BCUT2D eigenvalue weighted by atomic mass is 10.1. The molecule has 0 radical (unpaired) electrons. The fourth-order valence-corrected chi connectivity index (χ4v) is 2.71. The maximum Gasteiger partial charge on any atom is 0.283 e. The Morgan fingerprint density at radius 1 is 1.38 bits per heavy atom. The number of hydrogen-bond donors (Lipinski definition) is 1. The average molecular weight is 348 g/mol. The topological polar surface area (TPSA) is 46.9 Å². The monoisotopic (exact) mass is 347 g/mol. The summed E-state index contributed by atoms with van der Waals surface area (Å²) in [6.07, 6.45) is 4.14. The Labute approximate surface area is 132 Å². The van der Waals surface area contributed by atoms with Crippen molar-refractivity contribution < 1.29 is 0 Å². The third-order valence-corrected chi connectivity index (χ3v) is 4.61. The minimum atomic E-state index is -0.0586. The minimum absolute atomic E-state index is 0.0586. The van der Waals surface area contributed by atoms with E-state index < -0.39 is 0 Å². The molecule has 1 aliphatic rings. The van der Waals surface area contributed by atoms with E-state index in [2.05, 4.69) is 45.4 Å². The van der Waals surface area contributed by atoms with Crippen LogP contribution >= 0.6 is 15.9 Å². The summed E-state index contributed by atoms with van der Waals surface area (Å²) >= 11 is 3.40. The molecule has 0 amide bonds. The molecule has 1 aromatic carbocycles. The number of benzene rings is 1. The van der Waals surface area contributed by atoms with Gasteiger partial charge in [0.15, 0.2) is 0 Å². The molecule has 1 N–H and O–H groups in total. The van der Waals surface area contributed by atoms with E-state index in [0.29, 0.717) is 16.9 Å². The second-order valence-corrected chi connectivity index (χ2v) is 6.38. The number of rotatable bonds is 5. The summed E-state index contributed by atoms with van der Waals surface area (Å²) in [6, 6.07) is 8.20. The van der Waals surface area contributed by atoms with Crippen LogP contribution in [0.3, 0.4) is 0 Å². The van der Waals surface area contributed by atoms with E-state index in [0.717, 1.165) is 12.2 Å². The first-order chi connectivity index (χ1) is 10.1. The lowest BCUT2D eigenvalue weighted by molar-refractivity contribution is 0.532. The van der Waals surface area contributed by atoms with Crippen molar-refractivity contribution in [3.8, 4) is 0 Å². The van der Waals surface area contributed by atoms with Crippen LogP contribution in [0, 0.1) is 12.8 Å². The van der Waals surface area contributed by atoms with Crippen molar-refractivity contribution in [1.82, 2.24) is 9.78 Å². The second kappa shape index (κ2) is 6.02. The fraction of sp³-hybridized carbons (Fsp3) is 0.375. The summed E-state index contributed by atoms with van der Waals surface area (Å²) in [4.78, 5) is 12.2. The fourth-order valence-electron chi connectivity index (χ4n) is 2.26. The highest BCUT2D eigenvalue weighted by Gasteiger charge is 2.23. The summed E-state index contributed by atoms with van der Waals surface area (Å²) in [6.45, 7) is 3.49. The summed E-state index contributed by atoms with van der Waals surface area (Å²) in [5, 5.41) is 7.55. The molecule has 0 unspecified atom stereocenters. The van der Waals surface area contributed by atoms with Gasteiger partial charge >= 0.3 is 0 Å². The lowest BCUT2D eigenvalue weighted by Gasteiger charge is -2.11. The van der Waals surface area contributed by atoms with Gasteiger partial charge in [0.05, 0.1) is 11.9 Å². The van der Waals surface area contributed by atoms with E-state index in [9.17, 15) is 4.79 Å². The van der Waals surface area contributed by atoms with Gasteiger partial charge in [-0.2, -0.15) is 5.10 Å². The van der Waals surface area contributed by atoms with Crippen LogP contribution in [0.4, 0.5) is 5.69 Å². The van der Waals surface area contributed by atoms with Crippen molar-refractivity contribution in [1.29, 1.82) is 0 Å². The molecular weight excluding hydrogens is 330 g/mol. The lowest BCUT2D eigenvalue weighted by Crippen LogP contribution is -2.25. The van der Waals surface area contributed by atoms with Gasteiger partial charge in [-0.15, -0.1) is 0 Å². The molecule has 1 aliphatic carbocycles. The van der Waals surface area contributed by atoms with Gasteiger partial charge in [-0.25, -0.2) is 4.68 Å². The molecule has 5 heteroatoms. The quantitative estimate of drug-likeness (QED) is 0.902. The Balaban J connectivity index is 1.75. The number of nitrogens with one attached hydrogen (secondary N) is 1. The third kappa shape index (κ3) is 3.35. The Bertz CT molecular complexity index is 707. The highest BCUT2D eigenvalue weighted by atomic mass is 79.9. The van der Waals surface area contributed by atoms with E-state index >= 15 is 0 Å². The van der Waals surface area contributed by atoms with Gasteiger partial charge in [0.1, 0.15) is 4.47 Å². The largest absolute Gasteiger partial charge is 0.379 e. The van der Waals surface area contributed by atoms with Crippen LogP contribution in [0.1, 0.15) is 24.0 Å². The first-order valence-electron chi connectivity index (χ1n) is 7.19. The summed E-state index contributed by atoms with van der Waals surface area (Å²) < 4.78 is 2.12. The van der Waals surface area contributed by atoms with Crippen molar-refractivity contribution in [3.05, 3.63) is 56.4 Å². The van der Waals surface area contributed by atoms with Crippen LogP contribution in [-0.2, 0) is 13.1 Å². The molecule has 1 aromatic heterocycles. The molecule has 0 atom stereocenters. The highest BCUT2D eigenvalue weighted by molar-refractivity contribution is 9.10. The third-order valence-electron chi connectivity index (χ3n) is 3.84. The normalized spacial score (nSPS) is 14.2. The van der Waals surface area contributed by atoms with Gasteiger partial charge < -0.3 is 5.32 Å². The van der Waals surface area contributed by atoms with Crippen molar-refractivity contribution in [3.63, 3.8) is 0 Å². The zero-order chi connectivity index (χ0) is 14.8. The first-order valence-corrected chi connectivity index (χ1v) is 7.98. The summed E-state index contributed by atoms with van der Waals surface area (Å²) in [5.74, 6) is 0.632. The number of aromatic nitrogens is 2. The predicted octanol–water partition coefficient (Wildman–Crippen LogP) is 3.34.